The number of benzene rings is 2. The van der Waals surface area contributed by atoms with Crippen LogP contribution in [0.4, 0.5) is 0 Å². The molecule has 0 saturated carbocycles. The van der Waals surface area contributed by atoms with Crippen molar-refractivity contribution in [3.63, 3.8) is 0 Å². The zero-order valence-corrected chi connectivity index (χ0v) is 12.7. The lowest BCUT2D eigenvalue weighted by atomic mass is 10.0. The normalized spacial score (nSPS) is 10.8. The van der Waals surface area contributed by atoms with Gasteiger partial charge < -0.3 is 4.74 Å². The van der Waals surface area contributed by atoms with Crippen LogP contribution in [0.1, 0.15) is 30.9 Å². The summed E-state index contributed by atoms with van der Waals surface area (Å²) in [6, 6.07) is 11.6. The molecule has 3 heteroatoms. The minimum Gasteiger partial charge on any atom is -0.454 e. The molecule has 0 aliphatic carbocycles. The summed E-state index contributed by atoms with van der Waals surface area (Å²) in [5.41, 5.74) is 2.28. The molecule has 2 rings (SSSR count). The van der Waals surface area contributed by atoms with Gasteiger partial charge in [0.25, 0.3) is 0 Å². The molecule has 2 aromatic carbocycles. The molecule has 0 atom stereocenters. The summed E-state index contributed by atoms with van der Waals surface area (Å²) in [6.07, 6.45) is 0. The Morgan fingerprint density at radius 1 is 0.947 bits per heavy atom. The van der Waals surface area contributed by atoms with E-state index in [2.05, 4.69) is 13.8 Å². The molecule has 0 spiro atoms. The summed E-state index contributed by atoms with van der Waals surface area (Å²) in [6.45, 7) is 6.23. The Morgan fingerprint density at radius 3 is 1.95 bits per heavy atom. The average molecular weight is 295 g/mol. The second kappa shape index (κ2) is 5.85. The first-order valence-electron chi connectivity index (χ1n) is 6.21. The monoisotopic (exact) mass is 294 g/mol. The fraction of sp³-hybridized carbons (Fsp3) is 0.250. The molecule has 0 amide bonds. The van der Waals surface area contributed by atoms with Crippen LogP contribution in [0, 0.1) is 6.92 Å². The molecule has 100 valence electrons. The van der Waals surface area contributed by atoms with Gasteiger partial charge in [0.1, 0.15) is 5.75 Å². The van der Waals surface area contributed by atoms with Crippen molar-refractivity contribution in [2.24, 2.45) is 0 Å². The van der Waals surface area contributed by atoms with Crippen LogP contribution in [-0.2, 0) is 0 Å². The third-order valence-electron chi connectivity index (χ3n) is 2.93. The van der Waals surface area contributed by atoms with Crippen LogP contribution in [0.3, 0.4) is 0 Å². The van der Waals surface area contributed by atoms with E-state index in [0.29, 0.717) is 21.7 Å². The highest BCUT2D eigenvalue weighted by Crippen LogP contribution is 2.38. The zero-order chi connectivity index (χ0) is 14.0. The highest BCUT2D eigenvalue weighted by Gasteiger charge is 2.12. The van der Waals surface area contributed by atoms with Crippen molar-refractivity contribution in [1.29, 1.82) is 0 Å². The highest BCUT2D eigenvalue weighted by atomic mass is 35.5. The maximum atomic E-state index is 6.25. The van der Waals surface area contributed by atoms with E-state index in [1.165, 1.54) is 5.56 Å². The molecule has 19 heavy (non-hydrogen) atoms. The zero-order valence-electron chi connectivity index (χ0n) is 11.2. The van der Waals surface area contributed by atoms with E-state index >= 15 is 0 Å². The minimum absolute atomic E-state index is 0.378. The van der Waals surface area contributed by atoms with Crippen molar-refractivity contribution >= 4 is 23.2 Å². The highest BCUT2D eigenvalue weighted by molar-refractivity contribution is 6.37. The van der Waals surface area contributed by atoms with E-state index < -0.39 is 0 Å². The van der Waals surface area contributed by atoms with Gasteiger partial charge in [-0.3, -0.25) is 0 Å². The SMILES string of the molecule is Cc1ccc(Oc2c(Cl)cc(C(C)C)cc2Cl)cc1. The van der Waals surface area contributed by atoms with Gasteiger partial charge >= 0.3 is 0 Å². The topological polar surface area (TPSA) is 9.23 Å². The molecule has 0 saturated heterocycles. The molecule has 0 fully saturated rings. The maximum absolute atomic E-state index is 6.25. The standard InChI is InChI=1S/C16H16Cl2O/c1-10(2)12-8-14(17)16(15(18)9-12)19-13-6-4-11(3)5-7-13/h4-10H,1-3H3. The second-order valence-electron chi connectivity index (χ2n) is 4.88. The molecule has 0 radical (unpaired) electrons. The molecule has 0 bridgehead atoms. The number of rotatable bonds is 3. The molecule has 0 heterocycles. The van der Waals surface area contributed by atoms with Gasteiger partial charge in [0.2, 0.25) is 0 Å². The van der Waals surface area contributed by atoms with E-state index in [1.807, 2.05) is 43.3 Å². The van der Waals surface area contributed by atoms with Gasteiger partial charge in [-0.2, -0.15) is 0 Å². The first kappa shape index (κ1) is 14.2. The van der Waals surface area contributed by atoms with Crippen LogP contribution < -0.4 is 4.74 Å². The van der Waals surface area contributed by atoms with Crippen LogP contribution in [0.25, 0.3) is 0 Å². The summed E-state index contributed by atoms with van der Waals surface area (Å²) >= 11 is 12.5. The summed E-state index contributed by atoms with van der Waals surface area (Å²) in [5, 5.41) is 1.08. The molecule has 2 aromatic rings. The Labute approximate surface area is 124 Å². The molecular formula is C16H16Cl2O. The van der Waals surface area contributed by atoms with Gasteiger partial charge in [-0.25, -0.2) is 0 Å². The van der Waals surface area contributed by atoms with E-state index in [-0.39, 0.29) is 0 Å². The van der Waals surface area contributed by atoms with Crippen molar-refractivity contribution in [1.82, 2.24) is 0 Å². The van der Waals surface area contributed by atoms with Crippen LogP contribution in [0.15, 0.2) is 36.4 Å². The Hall–Kier alpha value is -1.18. The van der Waals surface area contributed by atoms with Gasteiger partial charge in [-0.15, -0.1) is 0 Å². The van der Waals surface area contributed by atoms with E-state index in [1.54, 1.807) is 0 Å². The number of aryl methyl sites for hydroxylation is 1. The molecule has 0 aromatic heterocycles. The van der Waals surface area contributed by atoms with Gasteiger partial charge in [0.15, 0.2) is 5.75 Å². The summed E-state index contributed by atoms with van der Waals surface area (Å²) in [7, 11) is 0. The number of hydrogen-bond donors (Lipinski definition) is 0. The average Bonchev–Trinajstić information content (AvgIpc) is 2.35. The quantitative estimate of drug-likeness (QED) is 0.653. The number of halogens is 2. The molecule has 1 nitrogen and oxygen atoms in total. The van der Waals surface area contributed by atoms with Crippen molar-refractivity contribution in [2.45, 2.75) is 26.7 Å². The molecular weight excluding hydrogens is 279 g/mol. The Kier molecular flexibility index (Phi) is 4.38. The minimum atomic E-state index is 0.378. The van der Waals surface area contributed by atoms with Crippen LogP contribution in [0.2, 0.25) is 10.0 Å². The smallest absolute Gasteiger partial charge is 0.164 e. The number of hydrogen-bond acceptors (Lipinski definition) is 1. The maximum Gasteiger partial charge on any atom is 0.164 e. The van der Waals surface area contributed by atoms with Crippen molar-refractivity contribution in [2.75, 3.05) is 0 Å². The fourth-order valence-corrected chi connectivity index (χ4v) is 2.32. The first-order valence-corrected chi connectivity index (χ1v) is 6.96. The lowest BCUT2D eigenvalue weighted by Gasteiger charge is -2.13. The van der Waals surface area contributed by atoms with Gasteiger partial charge in [0, 0.05) is 0 Å². The largest absolute Gasteiger partial charge is 0.454 e. The Bertz CT molecular complexity index is 551. The summed E-state index contributed by atoms with van der Waals surface area (Å²) in [4.78, 5) is 0. The second-order valence-corrected chi connectivity index (χ2v) is 5.70. The van der Waals surface area contributed by atoms with Crippen LogP contribution in [-0.4, -0.2) is 0 Å². The van der Waals surface area contributed by atoms with Crippen molar-refractivity contribution in [3.05, 3.63) is 57.6 Å². The Morgan fingerprint density at radius 2 is 1.47 bits per heavy atom. The van der Waals surface area contributed by atoms with E-state index in [9.17, 15) is 0 Å². The van der Waals surface area contributed by atoms with E-state index in [4.69, 9.17) is 27.9 Å². The first-order chi connectivity index (χ1) is 8.97. The Balaban J connectivity index is 2.32. The molecule has 0 aliphatic rings. The van der Waals surface area contributed by atoms with Crippen molar-refractivity contribution < 1.29 is 4.74 Å². The summed E-state index contributed by atoms with van der Waals surface area (Å²) in [5.74, 6) is 1.62. The fourth-order valence-electron chi connectivity index (χ4n) is 1.73. The predicted octanol–water partition coefficient (Wildman–Crippen LogP) is 6.22. The van der Waals surface area contributed by atoms with Gasteiger partial charge in [-0.1, -0.05) is 54.7 Å². The van der Waals surface area contributed by atoms with Gasteiger partial charge in [-0.05, 0) is 42.7 Å². The lowest BCUT2D eigenvalue weighted by Crippen LogP contribution is -1.92. The summed E-state index contributed by atoms with van der Waals surface area (Å²) < 4.78 is 5.77. The van der Waals surface area contributed by atoms with E-state index in [0.717, 1.165) is 11.3 Å². The molecule has 0 aliphatic heterocycles. The van der Waals surface area contributed by atoms with Crippen LogP contribution >= 0.6 is 23.2 Å². The molecule has 0 N–H and O–H groups in total. The lowest BCUT2D eigenvalue weighted by molar-refractivity contribution is 0.482. The predicted molar refractivity (Wildman–Crippen MR) is 81.8 cm³/mol. The third kappa shape index (κ3) is 3.43. The van der Waals surface area contributed by atoms with Gasteiger partial charge in [0.05, 0.1) is 10.0 Å². The third-order valence-corrected chi connectivity index (χ3v) is 3.49. The number of ether oxygens (including phenoxy) is 1. The molecule has 0 unspecified atom stereocenters. The van der Waals surface area contributed by atoms with Crippen molar-refractivity contribution in [3.8, 4) is 11.5 Å². The van der Waals surface area contributed by atoms with Crippen LogP contribution in [0.5, 0.6) is 11.5 Å².